The van der Waals surface area contributed by atoms with Crippen LogP contribution in [0.5, 0.6) is 11.5 Å². The van der Waals surface area contributed by atoms with Crippen molar-refractivity contribution in [2.75, 3.05) is 20.3 Å². The number of methoxy groups -OCH3 is 1. The third kappa shape index (κ3) is 11.0. The summed E-state index contributed by atoms with van der Waals surface area (Å²) in [7, 11) is 1.65. The number of carboxylic acid groups (broad SMARTS) is 2. The SMILES string of the molecule is COc1ccc(-c2cnc(-c3ccc(OC[C@@H](O)CNC(C)(C)C)cc3)[nH]2)cc1.O=C(O)/C=C\C(=O)O. The van der Waals surface area contributed by atoms with Gasteiger partial charge in [0.2, 0.25) is 0 Å². The lowest BCUT2D eigenvalue weighted by molar-refractivity contribution is -0.134. The highest BCUT2D eigenvalue weighted by molar-refractivity contribution is 5.89. The fourth-order valence-corrected chi connectivity index (χ4v) is 2.91. The number of nitrogens with one attached hydrogen (secondary N) is 2. The van der Waals surface area contributed by atoms with E-state index in [0.717, 1.165) is 28.4 Å². The number of aliphatic carboxylic acids is 2. The van der Waals surface area contributed by atoms with Crippen LogP contribution >= 0.6 is 0 Å². The van der Waals surface area contributed by atoms with Crippen molar-refractivity contribution in [1.29, 1.82) is 0 Å². The molecule has 2 aromatic carbocycles. The van der Waals surface area contributed by atoms with Crippen molar-refractivity contribution in [1.82, 2.24) is 15.3 Å². The van der Waals surface area contributed by atoms with Gasteiger partial charge in [0.15, 0.2) is 0 Å². The van der Waals surface area contributed by atoms with Crippen LogP contribution in [0.15, 0.2) is 66.9 Å². The number of aliphatic hydroxyl groups is 1. The average Bonchev–Trinajstić information content (AvgIpc) is 3.36. The molecule has 5 N–H and O–H groups in total. The minimum atomic E-state index is -1.26. The van der Waals surface area contributed by atoms with Gasteiger partial charge in [-0.1, -0.05) is 0 Å². The summed E-state index contributed by atoms with van der Waals surface area (Å²) in [6, 6.07) is 15.5. The van der Waals surface area contributed by atoms with E-state index >= 15 is 0 Å². The predicted molar refractivity (Wildman–Crippen MR) is 140 cm³/mol. The van der Waals surface area contributed by atoms with Gasteiger partial charge in [-0.3, -0.25) is 0 Å². The van der Waals surface area contributed by atoms with Crippen molar-refractivity contribution >= 4 is 11.9 Å². The minimum Gasteiger partial charge on any atom is -0.497 e. The van der Waals surface area contributed by atoms with Gasteiger partial charge in [-0.05, 0) is 74.9 Å². The van der Waals surface area contributed by atoms with Crippen LogP contribution in [0.2, 0.25) is 0 Å². The Hall–Kier alpha value is -4.15. The zero-order chi connectivity index (χ0) is 27.4. The summed E-state index contributed by atoms with van der Waals surface area (Å²) < 4.78 is 10.9. The number of aromatic nitrogens is 2. The second kappa shape index (κ2) is 13.8. The smallest absolute Gasteiger partial charge is 0.328 e. The van der Waals surface area contributed by atoms with Crippen molar-refractivity contribution in [3.63, 3.8) is 0 Å². The van der Waals surface area contributed by atoms with Crippen LogP contribution in [0.25, 0.3) is 22.6 Å². The minimum absolute atomic E-state index is 0.0314. The molecule has 10 heteroatoms. The maximum Gasteiger partial charge on any atom is 0.328 e. The molecular formula is C27H33N3O7. The van der Waals surface area contributed by atoms with Crippen molar-refractivity contribution in [2.45, 2.75) is 32.4 Å². The molecule has 0 amide bonds. The maximum absolute atomic E-state index is 10.0. The average molecular weight is 512 g/mol. The monoisotopic (exact) mass is 511 g/mol. The standard InChI is InChI=1S/C23H29N3O3.C4H4O4/c1-23(2,3)25-13-18(27)15-29-20-11-7-17(8-12-20)22-24-14-21(26-22)16-5-9-19(28-4)10-6-16;5-3(6)1-2-4(7)8/h5-12,14,18,25,27H,13,15H2,1-4H3,(H,24,26);1-2H,(H,5,6)(H,7,8)/b;2-1-/t18-;/m0./s1. The van der Waals surface area contributed by atoms with Gasteiger partial charge >= 0.3 is 11.9 Å². The van der Waals surface area contributed by atoms with Crippen LogP contribution in [0.1, 0.15) is 20.8 Å². The van der Waals surface area contributed by atoms with E-state index in [4.69, 9.17) is 19.7 Å². The summed E-state index contributed by atoms with van der Waals surface area (Å²) in [4.78, 5) is 26.9. The van der Waals surface area contributed by atoms with E-state index in [1.807, 2.05) is 54.7 Å². The van der Waals surface area contributed by atoms with Crippen LogP contribution in [0.3, 0.4) is 0 Å². The molecule has 0 aliphatic heterocycles. The molecule has 1 atom stereocenters. The van der Waals surface area contributed by atoms with Crippen LogP contribution in [-0.4, -0.2) is 69.1 Å². The first kappa shape index (κ1) is 29.1. The first-order valence-corrected chi connectivity index (χ1v) is 11.5. The van der Waals surface area contributed by atoms with Gasteiger partial charge in [-0.15, -0.1) is 0 Å². The van der Waals surface area contributed by atoms with E-state index in [-0.39, 0.29) is 12.1 Å². The molecule has 0 saturated heterocycles. The van der Waals surface area contributed by atoms with Crippen molar-refractivity contribution < 1.29 is 34.4 Å². The Labute approximate surface area is 215 Å². The second-order valence-corrected chi connectivity index (χ2v) is 9.00. The number of ether oxygens (including phenoxy) is 2. The number of H-pyrrole nitrogens is 1. The summed E-state index contributed by atoms with van der Waals surface area (Å²) >= 11 is 0. The molecule has 0 saturated carbocycles. The molecule has 0 aliphatic rings. The largest absolute Gasteiger partial charge is 0.497 e. The van der Waals surface area contributed by atoms with E-state index in [0.29, 0.717) is 24.4 Å². The number of hydrogen-bond donors (Lipinski definition) is 5. The molecule has 3 aromatic rings. The first-order chi connectivity index (χ1) is 17.5. The molecule has 1 heterocycles. The number of carbonyl (C=O) groups is 2. The second-order valence-electron chi connectivity index (χ2n) is 9.00. The number of nitrogens with zero attached hydrogens (tertiary/aromatic N) is 1. The molecule has 0 spiro atoms. The normalized spacial score (nSPS) is 11.9. The van der Waals surface area contributed by atoms with Crippen LogP contribution in [-0.2, 0) is 9.59 Å². The van der Waals surface area contributed by atoms with E-state index in [2.05, 4.69) is 36.1 Å². The molecule has 0 radical (unpaired) electrons. The van der Waals surface area contributed by atoms with Gasteiger partial charge in [0, 0.05) is 29.8 Å². The molecule has 0 aliphatic carbocycles. The van der Waals surface area contributed by atoms with Crippen LogP contribution in [0.4, 0.5) is 0 Å². The number of aromatic amines is 1. The highest BCUT2D eigenvalue weighted by Gasteiger charge is 2.13. The van der Waals surface area contributed by atoms with Gasteiger partial charge in [0.05, 0.1) is 19.0 Å². The van der Waals surface area contributed by atoms with Crippen molar-refractivity contribution in [3.8, 4) is 34.1 Å². The highest BCUT2D eigenvalue weighted by Crippen LogP contribution is 2.25. The summed E-state index contributed by atoms with van der Waals surface area (Å²) in [5, 5.41) is 28.9. The number of aliphatic hydroxyl groups excluding tert-OH is 1. The van der Waals surface area contributed by atoms with E-state index < -0.39 is 18.0 Å². The van der Waals surface area contributed by atoms with Gasteiger partial charge in [0.1, 0.15) is 30.0 Å². The van der Waals surface area contributed by atoms with E-state index in [1.54, 1.807) is 7.11 Å². The van der Waals surface area contributed by atoms with Crippen LogP contribution < -0.4 is 14.8 Å². The van der Waals surface area contributed by atoms with E-state index in [9.17, 15) is 14.7 Å². The van der Waals surface area contributed by atoms with Crippen molar-refractivity contribution in [2.24, 2.45) is 0 Å². The Morgan fingerprint density at radius 3 is 2.03 bits per heavy atom. The predicted octanol–water partition coefficient (Wildman–Crippen LogP) is 3.59. The fraction of sp³-hybridized carbons (Fsp3) is 0.296. The first-order valence-electron chi connectivity index (χ1n) is 11.5. The Bertz CT molecular complexity index is 1150. The molecule has 1 aromatic heterocycles. The van der Waals surface area contributed by atoms with Gasteiger partial charge < -0.3 is 35.1 Å². The topological polar surface area (TPSA) is 154 Å². The number of hydrogen-bond acceptors (Lipinski definition) is 7. The zero-order valence-electron chi connectivity index (χ0n) is 21.3. The van der Waals surface area contributed by atoms with E-state index in [1.165, 1.54) is 0 Å². The molecule has 198 valence electrons. The Balaban J connectivity index is 0.000000521. The number of β-amino-alcohol motifs (C(OH)–C–C–N with tert-alkyl or cyclic N) is 1. The highest BCUT2D eigenvalue weighted by atomic mass is 16.5. The lowest BCUT2D eigenvalue weighted by Gasteiger charge is -2.22. The number of carboxylic acids is 2. The molecular weight excluding hydrogens is 478 g/mol. The maximum atomic E-state index is 10.0. The number of benzene rings is 2. The van der Waals surface area contributed by atoms with Gasteiger partial charge in [-0.25, -0.2) is 14.6 Å². The quantitative estimate of drug-likeness (QED) is 0.257. The molecule has 3 rings (SSSR count). The fourth-order valence-electron chi connectivity index (χ4n) is 2.91. The van der Waals surface area contributed by atoms with Crippen LogP contribution in [0, 0.1) is 0 Å². The van der Waals surface area contributed by atoms with Gasteiger partial charge in [0.25, 0.3) is 0 Å². The zero-order valence-corrected chi connectivity index (χ0v) is 21.3. The lowest BCUT2D eigenvalue weighted by atomic mass is 10.1. The molecule has 37 heavy (non-hydrogen) atoms. The molecule has 0 fully saturated rings. The lowest BCUT2D eigenvalue weighted by Crippen LogP contribution is -2.42. The Morgan fingerprint density at radius 1 is 0.973 bits per heavy atom. The molecule has 0 unspecified atom stereocenters. The third-order valence-corrected chi connectivity index (χ3v) is 4.78. The Kier molecular flexibility index (Phi) is 10.9. The van der Waals surface area contributed by atoms with Crippen molar-refractivity contribution in [3.05, 3.63) is 66.9 Å². The number of rotatable bonds is 10. The molecule has 10 nitrogen and oxygen atoms in total. The summed E-state index contributed by atoms with van der Waals surface area (Å²) in [6.45, 7) is 6.92. The summed E-state index contributed by atoms with van der Waals surface area (Å²) in [6.07, 6.45) is 2.37. The summed E-state index contributed by atoms with van der Waals surface area (Å²) in [5.74, 6) is -0.189. The number of imidazole rings is 1. The Morgan fingerprint density at radius 2 is 1.51 bits per heavy atom. The molecule has 0 bridgehead atoms. The third-order valence-electron chi connectivity index (χ3n) is 4.78. The summed E-state index contributed by atoms with van der Waals surface area (Å²) in [5.41, 5.74) is 2.92. The van der Waals surface area contributed by atoms with Gasteiger partial charge in [-0.2, -0.15) is 0 Å².